The van der Waals surface area contributed by atoms with Crippen LogP contribution in [0.1, 0.15) is 88.0 Å². The Morgan fingerprint density at radius 2 is 1.65 bits per heavy atom. The molecule has 1 unspecified atom stereocenters. The quantitative estimate of drug-likeness (QED) is 0.265. The summed E-state index contributed by atoms with van der Waals surface area (Å²) in [7, 11) is 0. The van der Waals surface area contributed by atoms with Crippen LogP contribution in [0.2, 0.25) is 0 Å². The minimum atomic E-state index is -1.99. The summed E-state index contributed by atoms with van der Waals surface area (Å²) in [5, 5.41) is 33.9. The highest BCUT2D eigenvalue weighted by atomic mass is 16.6. The molecule has 222 valence electrons. The van der Waals surface area contributed by atoms with Crippen molar-refractivity contribution in [2.75, 3.05) is 0 Å². The summed E-state index contributed by atoms with van der Waals surface area (Å²) >= 11 is 0. The van der Waals surface area contributed by atoms with Crippen LogP contribution >= 0.6 is 0 Å². The number of ether oxygens (including phenoxy) is 1. The van der Waals surface area contributed by atoms with Crippen LogP contribution in [0.3, 0.4) is 0 Å². The zero-order valence-electron chi connectivity index (χ0n) is 25.3. The molecule has 0 aromatic heterocycles. The van der Waals surface area contributed by atoms with Crippen LogP contribution in [-0.4, -0.2) is 62.0 Å². The van der Waals surface area contributed by atoms with Gasteiger partial charge in [0.2, 0.25) is 0 Å². The Hall–Kier alpha value is -2.16. The first-order chi connectivity index (χ1) is 18.1. The Bertz CT molecular complexity index is 1210. The number of aliphatic hydroxyl groups excluding tert-OH is 2. The molecule has 9 atom stereocenters. The highest BCUT2D eigenvalue weighted by molar-refractivity contribution is 5.97. The van der Waals surface area contributed by atoms with Crippen LogP contribution in [0.15, 0.2) is 23.8 Å². The Kier molecular flexibility index (Phi) is 7.06. The van der Waals surface area contributed by atoms with Crippen molar-refractivity contribution in [2.45, 2.75) is 111 Å². The number of hydrogen-bond acceptors (Lipinski definition) is 8. The third kappa shape index (κ3) is 4.11. The van der Waals surface area contributed by atoms with Gasteiger partial charge in [-0.15, -0.1) is 0 Å². The second-order valence-corrected chi connectivity index (χ2v) is 14.8. The van der Waals surface area contributed by atoms with Crippen molar-refractivity contribution in [3.8, 4) is 0 Å². The number of carbonyl (C=O) groups is 4. The van der Waals surface area contributed by atoms with Gasteiger partial charge >= 0.3 is 5.97 Å². The van der Waals surface area contributed by atoms with E-state index in [0.717, 1.165) is 5.57 Å². The molecule has 0 radical (unpaired) electrons. The van der Waals surface area contributed by atoms with Crippen LogP contribution in [0, 0.1) is 39.4 Å². The summed E-state index contributed by atoms with van der Waals surface area (Å²) in [5.41, 5.74) is -5.33. The zero-order chi connectivity index (χ0) is 30.4. The van der Waals surface area contributed by atoms with Crippen molar-refractivity contribution in [1.82, 2.24) is 0 Å². The number of aliphatic hydroxyl groups is 3. The number of ketones is 3. The Labute approximate surface area is 237 Å². The molecule has 0 aromatic rings. The summed E-state index contributed by atoms with van der Waals surface area (Å²) in [6.45, 7) is 15.5. The molecule has 3 fully saturated rings. The van der Waals surface area contributed by atoms with E-state index in [9.17, 15) is 34.5 Å². The van der Waals surface area contributed by atoms with Gasteiger partial charge < -0.3 is 20.1 Å². The fourth-order valence-electron chi connectivity index (χ4n) is 9.35. The molecule has 4 aliphatic carbocycles. The largest absolute Gasteiger partial charge is 0.456 e. The van der Waals surface area contributed by atoms with Crippen LogP contribution < -0.4 is 0 Å². The lowest BCUT2D eigenvalue weighted by atomic mass is 9.38. The number of carbonyl (C=O) groups excluding carboxylic acids is 4. The lowest BCUT2D eigenvalue weighted by Gasteiger charge is -2.64. The topological polar surface area (TPSA) is 138 Å². The predicted molar refractivity (Wildman–Crippen MR) is 148 cm³/mol. The first-order valence-corrected chi connectivity index (χ1v) is 14.4. The number of esters is 1. The fourth-order valence-corrected chi connectivity index (χ4v) is 9.35. The van der Waals surface area contributed by atoms with Gasteiger partial charge in [-0.25, -0.2) is 0 Å². The summed E-state index contributed by atoms with van der Waals surface area (Å²) < 4.78 is 5.23. The first-order valence-electron chi connectivity index (χ1n) is 14.4. The van der Waals surface area contributed by atoms with Crippen molar-refractivity contribution < 1.29 is 39.2 Å². The maximum atomic E-state index is 14.3. The number of hydrogen-bond donors (Lipinski definition) is 3. The van der Waals surface area contributed by atoms with E-state index in [1.54, 1.807) is 13.8 Å². The second kappa shape index (κ2) is 9.17. The van der Waals surface area contributed by atoms with E-state index in [4.69, 9.17) is 4.74 Å². The Balaban J connectivity index is 1.75. The monoisotopic (exact) mass is 558 g/mol. The molecule has 0 spiro atoms. The van der Waals surface area contributed by atoms with E-state index in [2.05, 4.69) is 13.0 Å². The van der Waals surface area contributed by atoms with Gasteiger partial charge in [-0.05, 0) is 68.4 Å². The molecular weight excluding hydrogens is 512 g/mol. The molecule has 4 aliphatic rings. The van der Waals surface area contributed by atoms with Gasteiger partial charge in [-0.1, -0.05) is 46.3 Å². The molecule has 8 heteroatoms. The van der Waals surface area contributed by atoms with Gasteiger partial charge in [0.1, 0.15) is 23.1 Å². The highest BCUT2D eigenvalue weighted by Crippen LogP contribution is 2.74. The molecule has 0 heterocycles. The van der Waals surface area contributed by atoms with Crippen molar-refractivity contribution >= 4 is 23.3 Å². The summed E-state index contributed by atoms with van der Waals surface area (Å²) in [5.74, 6) is -2.96. The average molecular weight is 559 g/mol. The maximum absolute atomic E-state index is 14.3. The number of rotatable bonds is 5. The van der Waals surface area contributed by atoms with Gasteiger partial charge in [-0.3, -0.25) is 19.2 Å². The molecule has 3 saturated carbocycles. The van der Waals surface area contributed by atoms with Crippen LogP contribution in [0.5, 0.6) is 0 Å². The molecule has 0 aliphatic heterocycles. The summed E-state index contributed by atoms with van der Waals surface area (Å²) in [6.07, 6.45) is 3.50. The van der Waals surface area contributed by atoms with Crippen molar-refractivity contribution in [1.29, 1.82) is 0 Å². The Morgan fingerprint density at radius 1 is 1.05 bits per heavy atom. The maximum Gasteiger partial charge on any atom is 0.303 e. The minimum Gasteiger partial charge on any atom is -0.456 e. The van der Waals surface area contributed by atoms with E-state index >= 15 is 0 Å². The predicted octanol–water partition coefficient (Wildman–Crippen LogP) is 3.50. The van der Waals surface area contributed by atoms with Gasteiger partial charge in [0.15, 0.2) is 11.6 Å². The van der Waals surface area contributed by atoms with Crippen molar-refractivity contribution in [3.63, 3.8) is 0 Å². The molecule has 0 aromatic carbocycles. The number of Topliss-reactive ketones (excluding diaryl/α,β-unsaturated/α-hetero) is 2. The summed E-state index contributed by atoms with van der Waals surface area (Å²) in [6, 6.07) is 0. The van der Waals surface area contributed by atoms with Gasteiger partial charge in [0.25, 0.3) is 0 Å². The molecule has 40 heavy (non-hydrogen) atoms. The lowest BCUT2D eigenvalue weighted by Crippen LogP contribution is -2.65. The third-order valence-corrected chi connectivity index (χ3v) is 11.6. The van der Waals surface area contributed by atoms with E-state index in [1.807, 2.05) is 27.7 Å². The molecule has 0 saturated heterocycles. The third-order valence-electron chi connectivity index (χ3n) is 11.6. The smallest absolute Gasteiger partial charge is 0.303 e. The minimum absolute atomic E-state index is 0.0399. The van der Waals surface area contributed by atoms with Crippen LogP contribution in [0.25, 0.3) is 0 Å². The van der Waals surface area contributed by atoms with Gasteiger partial charge in [0, 0.05) is 36.5 Å². The summed E-state index contributed by atoms with van der Waals surface area (Å²) in [4.78, 5) is 52.1. The molecule has 3 N–H and O–H groups in total. The van der Waals surface area contributed by atoms with Crippen LogP contribution in [0.4, 0.5) is 0 Å². The van der Waals surface area contributed by atoms with Crippen molar-refractivity contribution in [3.05, 3.63) is 23.8 Å². The first kappa shape index (κ1) is 30.8. The normalized spacial score (nSPS) is 42.4. The standard InChI is InChI=1S/C32H46O8/c1-17(33)40-27(2,3)13-12-23(36)32(9,39)25-21(35)15-29(6)22-11-10-18-19(14-20(34)26(38)28(18,4)5)31(22,8)24(37)16-30(25,29)7/h10,12-13,19,21-22,25-26,35,38-39H,11,14-16H2,1-9H3/t19-,21-,22+,25+,26?,29+,30-,31+,32+/m1/s1. The zero-order valence-corrected chi connectivity index (χ0v) is 25.3. The van der Waals surface area contributed by atoms with E-state index in [-0.39, 0.29) is 36.2 Å². The molecule has 8 nitrogen and oxygen atoms in total. The molecule has 0 bridgehead atoms. The number of allylic oxidation sites excluding steroid dienone is 1. The lowest BCUT2D eigenvalue weighted by molar-refractivity contribution is -0.183. The van der Waals surface area contributed by atoms with Crippen molar-refractivity contribution in [2.24, 2.45) is 39.4 Å². The highest BCUT2D eigenvalue weighted by Gasteiger charge is 2.74. The van der Waals surface area contributed by atoms with E-state index in [0.29, 0.717) is 12.8 Å². The molecule has 0 amide bonds. The Morgan fingerprint density at radius 3 is 2.23 bits per heavy atom. The van der Waals surface area contributed by atoms with E-state index in [1.165, 1.54) is 26.0 Å². The van der Waals surface area contributed by atoms with Gasteiger partial charge in [-0.2, -0.15) is 0 Å². The SMILES string of the molecule is CC(=O)OC(C)(C)C=CC(=O)[C@](C)(O)[C@H]1[C@H](O)C[C@@]2(C)[C@@H]3CC=C4[C@@H](CC(=O)C(O)C4(C)C)[C@]3(C)C(=O)C[C@]12C. The molecule has 4 rings (SSSR count). The molecular formula is C32H46O8. The number of fused-ring (bicyclic) bond motifs is 5. The van der Waals surface area contributed by atoms with Gasteiger partial charge in [0.05, 0.1) is 6.10 Å². The van der Waals surface area contributed by atoms with E-state index < -0.39 is 62.7 Å². The fraction of sp³-hybridized carbons (Fsp3) is 0.750. The second-order valence-electron chi connectivity index (χ2n) is 14.8. The average Bonchev–Trinajstić information content (AvgIpc) is 3.01. The van der Waals surface area contributed by atoms with Crippen LogP contribution in [-0.2, 0) is 23.9 Å².